The van der Waals surface area contributed by atoms with Gasteiger partial charge in [0.1, 0.15) is 5.75 Å². The molecule has 0 aliphatic heterocycles. The molecule has 5 N–H and O–H groups in total. The second-order valence-electron chi connectivity index (χ2n) is 2.71. The molecule has 1 aromatic carbocycles. The molecule has 0 saturated carbocycles. The van der Waals surface area contributed by atoms with Crippen molar-refractivity contribution in [1.82, 2.24) is 0 Å². The van der Waals surface area contributed by atoms with Gasteiger partial charge in [0.15, 0.2) is 0 Å². The molecule has 7 nitrogen and oxygen atoms in total. The van der Waals surface area contributed by atoms with E-state index >= 15 is 0 Å². The Labute approximate surface area is 84.4 Å². The van der Waals surface area contributed by atoms with Crippen LogP contribution in [0.3, 0.4) is 0 Å². The molecule has 0 aliphatic carbocycles. The molecule has 0 saturated heterocycles. The van der Waals surface area contributed by atoms with Gasteiger partial charge >= 0.3 is 13.8 Å². The summed E-state index contributed by atoms with van der Waals surface area (Å²) in [6.45, 7) is 0. The Kier molecular flexibility index (Phi) is 3.15. The summed E-state index contributed by atoms with van der Waals surface area (Å²) in [5.74, 6) is -3.73. The van der Waals surface area contributed by atoms with Gasteiger partial charge in [-0.3, -0.25) is 9.79 Å². The van der Waals surface area contributed by atoms with Crippen LogP contribution < -0.4 is 4.52 Å². The Morgan fingerprint density at radius 3 is 2.13 bits per heavy atom. The molecular weight excluding hydrogens is 227 g/mol. The van der Waals surface area contributed by atoms with Crippen molar-refractivity contribution in [2.45, 2.75) is 5.97 Å². The molecule has 0 amide bonds. The Morgan fingerprint density at radius 2 is 1.67 bits per heavy atom. The predicted molar refractivity (Wildman–Crippen MR) is 47.4 cm³/mol. The minimum Gasteiger partial charge on any atom is -0.404 e. The largest absolute Gasteiger partial charge is 0.524 e. The highest BCUT2D eigenvalue weighted by Crippen LogP contribution is 2.40. The van der Waals surface area contributed by atoms with Crippen LogP contribution in [0.2, 0.25) is 0 Å². The number of hydrogen-bond donors (Lipinski definition) is 5. The van der Waals surface area contributed by atoms with Crippen LogP contribution in [-0.4, -0.2) is 25.1 Å². The van der Waals surface area contributed by atoms with E-state index in [1.165, 1.54) is 12.1 Å². The van der Waals surface area contributed by atoms with Gasteiger partial charge in [-0.25, -0.2) is 4.57 Å². The maximum absolute atomic E-state index is 10.5. The van der Waals surface area contributed by atoms with E-state index in [-0.39, 0.29) is 0 Å². The van der Waals surface area contributed by atoms with E-state index < -0.39 is 25.1 Å². The maximum atomic E-state index is 10.5. The van der Waals surface area contributed by atoms with Gasteiger partial charge in [-0.1, -0.05) is 12.1 Å². The molecule has 0 atom stereocenters. The van der Waals surface area contributed by atoms with Crippen LogP contribution in [0, 0.1) is 0 Å². The third-order valence-corrected chi connectivity index (χ3v) is 1.90. The zero-order chi connectivity index (χ0) is 11.7. The molecule has 0 spiro atoms. The first kappa shape index (κ1) is 12.1. The smallest absolute Gasteiger partial charge is 0.404 e. The van der Waals surface area contributed by atoms with Gasteiger partial charge in [0, 0.05) is 0 Å². The van der Waals surface area contributed by atoms with E-state index in [9.17, 15) is 4.57 Å². The molecule has 0 fully saturated rings. The second kappa shape index (κ2) is 3.90. The van der Waals surface area contributed by atoms with Crippen LogP contribution in [0.15, 0.2) is 24.3 Å². The van der Waals surface area contributed by atoms with Crippen molar-refractivity contribution in [3.05, 3.63) is 29.8 Å². The molecule has 8 heteroatoms. The van der Waals surface area contributed by atoms with Crippen LogP contribution in [0.4, 0.5) is 0 Å². The number of hydrogen-bond acceptors (Lipinski definition) is 5. The monoisotopic (exact) mass is 236 g/mol. The number of rotatable bonds is 3. The highest BCUT2D eigenvalue weighted by Gasteiger charge is 2.29. The minimum absolute atomic E-state index is 0.515. The average Bonchev–Trinajstić information content (AvgIpc) is 1.99. The van der Waals surface area contributed by atoms with Crippen molar-refractivity contribution in [2.24, 2.45) is 0 Å². The van der Waals surface area contributed by atoms with Gasteiger partial charge in [0.25, 0.3) is 0 Å². The lowest BCUT2D eigenvalue weighted by Crippen LogP contribution is -2.24. The van der Waals surface area contributed by atoms with Crippen molar-refractivity contribution in [1.29, 1.82) is 0 Å². The van der Waals surface area contributed by atoms with Crippen molar-refractivity contribution in [3.8, 4) is 5.75 Å². The molecule has 15 heavy (non-hydrogen) atoms. The van der Waals surface area contributed by atoms with Crippen molar-refractivity contribution < 1.29 is 34.2 Å². The number of aliphatic hydroxyl groups is 3. The summed E-state index contributed by atoms with van der Waals surface area (Å²) in [6.07, 6.45) is 0. The van der Waals surface area contributed by atoms with Gasteiger partial charge in [0.05, 0.1) is 5.56 Å². The summed E-state index contributed by atoms with van der Waals surface area (Å²) < 4.78 is 14.7. The third-order valence-electron chi connectivity index (χ3n) is 1.47. The molecule has 0 aromatic heterocycles. The summed E-state index contributed by atoms with van der Waals surface area (Å²) in [4.78, 5) is 17.0. The Hall–Kier alpha value is -0.950. The average molecular weight is 236 g/mol. The maximum Gasteiger partial charge on any atom is 0.524 e. The molecular formula is C7H9O7P. The van der Waals surface area contributed by atoms with Gasteiger partial charge in [-0.2, -0.15) is 0 Å². The van der Waals surface area contributed by atoms with Gasteiger partial charge < -0.3 is 19.8 Å². The zero-order valence-corrected chi connectivity index (χ0v) is 8.20. The number of phosphoric acid groups is 1. The topological polar surface area (TPSA) is 127 Å². The predicted octanol–water partition coefficient (Wildman–Crippen LogP) is -0.755. The molecule has 0 radical (unpaired) electrons. The van der Waals surface area contributed by atoms with Gasteiger partial charge in [-0.05, 0) is 12.1 Å². The number of para-hydroxylation sites is 1. The van der Waals surface area contributed by atoms with Gasteiger partial charge in [-0.15, -0.1) is 0 Å². The molecule has 1 aromatic rings. The second-order valence-corrected chi connectivity index (χ2v) is 3.88. The molecule has 84 valence electrons. The molecule has 0 bridgehead atoms. The fourth-order valence-corrected chi connectivity index (χ4v) is 1.37. The lowest BCUT2D eigenvalue weighted by atomic mass is 10.1. The van der Waals surface area contributed by atoms with Crippen LogP contribution in [0.5, 0.6) is 5.75 Å². The SMILES string of the molecule is O=P(O)(O)Oc1ccccc1C(O)(O)O. The van der Waals surface area contributed by atoms with E-state index in [1.807, 2.05) is 0 Å². The normalized spacial score (nSPS) is 12.6. The van der Waals surface area contributed by atoms with E-state index in [0.29, 0.717) is 0 Å². The van der Waals surface area contributed by atoms with Crippen molar-refractivity contribution in [3.63, 3.8) is 0 Å². The van der Waals surface area contributed by atoms with E-state index in [4.69, 9.17) is 25.1 Å². The van der Waals surface area contributed by atoms with Crippen LogP contribution >= 0.6 is 7.82 Å². The lowest BCUT2D eigenvalue weighted by Gasteiger charge is -2.18. The van der Waals surface area contributed by atoms with Crippen LogP contribution in [-0.2, 0) is 10.5 Å². The molecule has 0 aliphatic rings. The summed E-state index contributed by atoms with van der Waals surface area (Å²) in [5.41, 5.74) is -0.562. The van der Waals surface area contributed by atoms with Crippen molar-refractivity contribution in [2.75, 3.05) is 0 Å². The Balaban J connectivity index is 3.14. The Bertz CT molecular complexity index is 391. The standard InChI is InChI=1S/C7H9O7P/c8-7(9,10)5-3-1-2-4-6(5)14-15(11,12)13/h1-4,8-10H,(H2,11,12,13). The quantitative estimate of drug-likeness (QED) is 0.345. The summed E-state index contributed by atoms with van der Waals surface area (Å²) >= 11 is 0. The van der Waals surface area contributed by atoms with E-state index in [2.05, 4.69) is 4.52 Å². The first-order valence-electron chi connectivity index (χ1n) is 3.72. The minimum atomic E-state index is -4.82. The number of benzene rings is 1. The molecule has 0 heterocycles. The Morgan fingerprint density at radius 1 is 1.13 bits per heavy atom. The van der Waals surface area contributed by atoms with Gasteiger partial charge in [0.2, 0.25) is 0 Å². The fraction of sp³-hybridized carbons (Fsp3) is 0.143. The number of phosphoric ester groups is 1. The zero-order valence-electron chi connectivity index (χ0n) is 7.31. The lowest BCUT2D eigenvalue weighted by molar-refractivity contribution is -0.324. The highest BCUT2D eigenvalue weighted by atomic mass is 31.2. The third kappa shape index (κ3) is 3.60. The first-order chi connectivity index (χ1) is 6.70. The van der Waals surface area contributed by atoms with E-state index in [1.54, 1.807) is 0 Å². The summed E-state index contributed by atoms with van der Waals surface area (Å²) in [6, 6.07) is 4.80. The summed E-state index contributed by atoms with van der Waals surface area (Å²) in [5, 5.41) is 26.5. The fourth-order valence-electron chi connectivity index (χ4n) is 0.951. The summed E-state index contributed by atoms with van der Waals surface area (Å²) in [7, 11) is -4.82. The highest BCUT2D eigenvalue weighted by molar-refractivity contribution is 7.46. The van der Waals surface area contributed by atoms with E-state index in [0.717, 1.165) is 12.1 Å². The first-order valence-corrected chi connectivity index (χ1v) is 5.25. The van der Waals surface area contributed by atoms with Crippen LogP contribution in [0.1, 0.15) is 5.56 Å². The molecule has 0 unspecified atom stereocenters. The van der Waals surface area contributed by atoms with Crippen molar-refractivity contribution >= 4 is 7.82 Å². The van der Waals surface area contributed by atoms with Crippen LogP contribution in [0.25, 0.3) is 0 Å². The molecule has 1 rings (SSSR count).